The monoisotopic (exact) mass is 219 g/mol. The highest BCUT2D eigenvalue weighted by atomic mass is 16.1. The smallest absolute Gasteiger partial charge is 0.179 e. The Morgan fingerprint density at radius 1 is 1.06 bits per heavy atom. The van der Waals surface area contributed by atoms with E-state index in [0.29, 0.717) is 11.5 Å². The lowest BCUT2D eigenvalue weighted by molar-refractivity contribution is 0.0940. The Morgan fingerprint density at radius 2 is 1.56 bits per heavy atom. The first kappa shape index (κ1) is 12.9. The van der Waals surface area contributed by atoms with E-state index in [2.05, 4.69) is 13.8 Å². The maximum atomic E-state index is 11.9. The highest BCUT2D eigenvalue weighted by molar-refractivity contribution is 6.00. The molecule has 0 radical (unpaired) electrons. The van der Waals surface area contributed by atoms with Crippen molar-refractivity contribution < 1.29 is 4.79 Å². The summed E-state index contributed by atoms with van der Waals surface area (Å²) < 4.78 is 0. The molecule has 0 fully saturated rings. The zero-order chi connectivity index (χ0) is 12.3. The number of nitrogens with two attached hydrogens (primary N) is 1. The molecule has 0 aliphatic carbocycles. The van der Waals surface area contributed by atoms with Gasteiger partial charge in [-0.1, -0.05) is 52.0 Å². The van der Waals surface area contributed by atoms with Gasteiger partial charge in [0.25, 0.3) is 0 Å². The van der Waals surface area contributed by atoms with Gasteiger partial charge in [0.15, 0.2) is 5.78 Å². The zero-order valence-electron chi connectivity index (χ0n) is 10.5. The molecule has 0 aliphatic heterocycles. The first-order valence-corrected chi connectivity index (χ1v) is 5.83. The third-order valence-corrected chi connectivity index (χ3v) is 2.88. The molecule has 0 aromatic heterocycles. The van der Waals surface area contributed by atoms with Gasteiger partial charge in [-0.05, 0) is 17.4 Å². The number of hydrogen-bond donors (Lipinski definition) is 1. The van der Waals surface area contributed by atoms with Crippen molar-refractivity contribution in [1.29, 1.82) is 0 Å². The molecule has 0 spiro atoms. The molecular weight excluding hydrogens is 198 g/mol. The van der Waals surface area contributed by atoms with Crippen LogP contribution in [-0.4, -0.2) is 11.8 Å². The SMILES string of the molecule is CC(C)c1ccc(C(=O)C(N)C(C)C)cc1. The summed E-state index contributed by atoms with van der Waals surface area (Å²) >= 11 is 0. The van der Waals surface area contributed by atoms with Gasteiger partial charge in [-0.3, -0.25) is 4.79 Å². The number of rotatable bonds is 4. The molecule has 0 aliphatic rings. The van der Waals surface area contributed by atoms with Crippen LogP contribution in [0.2, 0.25) is 0 Å². The maximum absolute atomic E-state index is 11.9. The number of Topliss-reactive ketones (excluding diaryl/α,β-unsaturated/α-hetero) is 1. The van der Waals surface area contributed by atoms with E-state index in [-0.39, 0.29) is 11.7 Å². The molecule has 1 aromatic carbocycles. The molecule has 1 aromatic rings. The number of hydrogen-bond acceptors (Lipinski definition) is 2. The van der Waals surface area contributed by atoms with E-state index in [0.717, 1.165) is 0 Å². The highest BCUT2D eigenvalue weighted by Gasteiger charge is 2.18. The molecule has 1 rings (SSSR count). The van der Waals surface area contributed by atoms with Crippen LogP contribution in [0.25, 0.3) is 0 Å². The minimum absolute atomic E-state index is 0.0327. The summed E-state index contributed by atoms with van der Waals surface area (Å²) in [4.78, 5) is 11.9. The predicted molar refractivity (Wildman–Crippen MR) is 67.7 cm³/mol. The molecule has 2 N–H and O–H groups in total. The first-order valence-electron chi connectivity index (χ1n) is 5.83. The fourth-order valence-corrected chi connectivity index (χ4v) is 1.53. The molecule has 0 saturated carbocycles. The fourth-order valence-electron chi connectivity index (χ4n) is 1.53. The van der Waals surface area contributed by atoms with Crippen molar-refractivity contribution in [2.45, 2.75) is 39.7 Å². The van der Waals surface area contributed by atoms with Crippen LogP contribution < -0.4 is 5.73 Å². The Balaban J connectivity index is 2.86. The van der Waals surface area contributed by atoms with Crippen molar-refractivity contribution in [3.63, 3.8) is 0 Å². The summed E-state index contributed by atoms with van der Waals surface area (Å²) in [5.74, 6) is 0.700. The Hall–Kier alpha value is -1.15. The van der Waals surface area contributed by atoms with Gasteiger partial charge in [-0.15, -0.1) is 0 Å². The lowest BCUT2D eigenvalue weighted by Crippen LogP contribution is -2.35. The topological polar surface area (TPSA) is 43.1 Å². The van der Waals surface area contributed by atoms with E-state index >= 15 is 0 Å². The van der Waals surface area contributed by atoms with E-state index in [1.54, 1.807) is 0 Å². The zero-order valence-corrected chi connectivity index (χ0v) is 10.5. The van der Waals surface area contributed by atoms with Crippen molar-refractivity contribution in [1.82, 2.24) is 0 Å². The third kappa shape index (κ3) is 2.92. The summed E-state index contributed by atoms with van der Waals surface area (Å²) in [6.07, 6.45) is 0. The van der Waals surface area contributed by atoms with Crippen molar-refractivity contribution in [3.05, 3.63) is 35.4 Å². The molecule has 0 saturated heterocycles. The predicted octanol–water partition coefficient (Wildman–Crippen LogP) is 2.98. The molecule has 0 heterocycles. The fraction of sp³-hybridized carbons (Fsp3) is 0.500. The van der Waals surface area contributed by atoms with Crippen LogP contribution >= 0.6 is 0 Å². The molecule has 2 heteroatoms. The molecule has 0 bridgehead atoms. The highest BCUT2D eigenvalue weighted by Crippen LogP contribution is 2.16. The van der Waals surface area contributed by atoms with E-state index in [1.165, 1.54) is 5.56 Å². The van der Waals surface area contributed by atoms with Gasteiger partial charge in [0.05, 0.1) is 6.04 Å². The lowest BCUT2D eigenvalue weighted by atomic mass is 9.94. The molecule has 88 valence electrons. The largest absolute Gasteiger partial charge is 0.321 e. The van der Waals surface area contributed by atoms with E-state index < -0.39 is 6.04 Å². The second kappa shape index (κ2) is 5.26. The Kier molecular flexibility index (Phi) is 4.25. The average Bonchev–Trinajstić information content (AvgIpc) is 2.27. The van der Waals surface area contributed by atoms with Gasteiger partial charge < -0.3 is 5.73 Å². The minimum Gasteiger partial charge on any atom is -0.321 e. The van der Waals surface area contributed by atoms with E-state index in [9.17, 15) is 4.79 Å². The summed E-state index contributed by atoms with van der Waals surface area (Å²) in [6, 6.07) is 7.36. The average molecular weight is 219 g/mol. The van der Waals surface area contributed by atoms with Gasteiger partial charge in [0.1, 0.15) is 0 Å². The van der Waals surface area contributed by atoms with Gasteiger partial charge in [0.2, 0.25) is 0 Å². The first-order chi connectivity index (χ1) is 7.43. The van der Waals surface area contributed by atoms with Crippen LogP contribution in [0, 0.1) is 5.92 Å². The number of carbonyl (C=O) groups excluding carboxylic acids is 1. The molecule has 1 atom stereocenters. The molecule has 1 unspecified atom stereocenters. The molecule has 16 heavy (non-hydrogen) atoms. The standard InChI is InChI=1S/C14H21NO/c1-9(2)11-5-7-12(8-6-11)14(16)13(15)10(3)4/h5-10,13H,15H2,1-4H3. The maximum Gasteiger partial charge on any atom is 0.179 e. The number of benzene rings is 1. The van der Waals surface area contributed by atoms with Gasteiger partial charge in [0, 0.05) is 5.56 Å². The van der Waals surface area contributed by atoms with E-state index in [4.69, 9.17) is 5.73 Å². The summed E-state index contributed by atoms with van der Waals surface area (Å²) in [7, 11) is 0. The molecular formula is C14H21NO. The van der Waals surface area contributed by atoms with Crippen LogP contribution in [0.5, 0.6) is 0 Å². The van der Waals surface area contributed by atoms with E-state index in [1.807, 2.05) is 38.1 Å². The lowest BCUT2D eigenvalue weighted by Gasteiger charge is -2.14. The second-order valence-electron chi connectivity index (χ2n) is 4.91. The minimum atomic E-state index is -0.398. The quantitative estimate of drug-likeness (QED) is 0.791. The third-order valence-electron chi connectivity index (χ3n) is 2.88. The number of carbonyl (C=O) groups is 1. The van der Waals surface area contributed by atoms with Crippen LogP contribution in [0.15, 0.2) is 24.3 Å². The van der Waals surface area contributed by atoms with Crippen LogP contribution in [-0.2, 0) is 0 Å². The van der Waals surface area contributed by atoms with Crippen LogP contribution in [0.1, 0.15) is 49.5 Å². The van der Waals surface area contributed by atoms with Gasteiger partial charge in [-0.2, -0.15) is 0 Å². The molecule has 2 nitrogen and oxygen atoms in total. The summed E-state index contributed by atoms with van der Waals surface area (Å²) in [5.41, 5.74) is 7.80. The van der Waals surface area contributed by atoms with Crippen LogP contribution in [0.4, 0.5) is 0 Å². The van der Waals surface area contributed by atoms with Crippen LogP contribution in [0.3, 0.4) is 0 Å². The van der Waals surface area contributed by atoms with Gasteiger partial charge in [-0.25, -0.2) is 0 Å². The summed E-state index contributed by atoms with van der Waals surface area (Å²) in [5, 5.41) is 0. The summed E-state index contributed by atoms with van der Waals surface area (Å²) in [6.45, 7) is 8.20. The Bertz CT molecular complexity index is 352. The van der Waals surface area contributed by atoms with Gasteiger partial charge >= 0.3 is 0 Å². The second-order valence-corrected chi connectivity index (χ2v) is 4.91. The Labute approximate surface area is 97.9 Å². The number of ketones is 1. The molecule has 0 amide bonds. The van der Waals surface area contributed by atoms with Crippen molar-refractivity contribution >= 4 is 5.78 Å². The van der Waals surface area contributed by atoms with Crippen molar-refractivity contribution in [2.75, 3.05) is 0 Å². The Morgan fingerprint density at radius 3 is 1.94 bits per heavy atom. The normalized spacial score (nSPS) is 13.2. The van der Waals surface area contributed by atoms with Crippen molar-refractivity contribution in [3.8, 4) is 0 Å². The van der Waals surface area contributed by atoms with Crippen molar-refractivity contribution in [2.24, 2.45) is 11.7 Å².